The van der Waals surface area contributed by atoms with Gasteiger partial charge in [-0.15, -0.1) is 12.4 Å². The standard InChI is InChI=1S/C17H19BrN2O.ClH/c1-20(16-6-8-19-9-7-16)17(21)14-3-2-13-11-15(18)5-4-12(13)10-14;/h2-5,10-11,16,19H,6-9H2,1H3;1H. The van der Waals surface area contributed by atoms with Crippen LogP contribution in [-0.4, -0.2) is 37.0 Å². The number of benzene rings is 2. The summed E-state index contributed by atoms with van der Waals surface area (Å²) in [7, 11) is 1.92. The number of piperidine rings is 1. The second-order valence-electron chi connectivity index (χ2n) is 5.60. The predicted molar refractivity (Wildman–Crippen MR) is 96.9 cm³/mol. The maximum Gasteiger partial charge on any atom is 0.253 e. The van der Waals surface area contributed by atoms with Crippen molar-refractivity contribution in [2.75, 3.05) is 20.1 Å². The number of hydrogen-bond acceptors (Lipinski definition) is 2. The van der Waals surface area contributed by atoms with Crippen molar-refractivity contribution < 1.29 is 4.79 Å². The van der Waals surface area contributed by atoms with Crippen LogP contribution in [0.25, 0.3) is 10.8 Å². The highest BCUT2D eigenvalue weighted by Gasteiger charge is 2.22. The summed E-state index contributed by atoms with van der Waals surface area (Å²) in [6, 6.07) is 12.4. The highest BCUT2D eigenvalue weighted by Crippen LogP contribution is 2.22. The molecular formula is C17H20BrClN2O. The number of fused-ring (bicyclic) bond motifs is 1. The van der Waals surface area contributed by atoms with Crippen LogP contribution in [0.3, 0.4) is 0 Å². The highest BCUT2D eigenvalue weighted by molar-refractivity contribution is 9.10. The minimum atomic E-state index is 0. The summed E-state index contributed by atoms with van der Waals surface area (Å²) < 4.78 is 1.06. The quantitative estimate of drug-likeness (QED) is 0.854. The Kier molecular flexibility index (Phi) is 5.84. The van der Waals surface area contributed by atoms with Crippen LogP contribution in [0.5, 0.6) is 0 Å². The van der Waals surface area contributed by atoms with Crippen molar-refractivity contribution in [2.45, 2.75) is 18.9 Å². The van der Waals surface area contributed by atoms with E-state index in [1.165, 1.54) is 0 Å². The third-order valence-corrected chi connectivity index (χ3v) is 4.72. The molecular weight excluding hydrogens is 364 g/mol. The molecule has 2 aromatic carbocycles. The Balaban J connectivity index is 0.00000176. The molecule has 0 atom stereocenters. The van der Waals surface area contributed by atoms with Gasteiger partial charge in [-0.2, -0.15) is 0 Å². The Hall–Kier alpha value is -1.10. The van der Waals surface area contributed by atoms with Crippen molar-refractivity contribution in [1.82, 2.24) is 10.2 Å². The van der Waals surface area contributed by atoms with Gasteiger partial charge in [0.1, 0.15) is 0 Å². The molecule has 0 bridgehead atoms. The second-order valence-corrected chi connectivity index (χ2v) is 6.52. The number of hydrogen-bond donors (Lipinski definition) is 1. The number of carbonyl (C=O) groups is 1. The molecule has 3 rings (SSSR count). The van der Waals surface area contributed by atoms with Crippen molar-refractivity contribution in [1.29, 1.82) is 0 Å². The van der Waals surface area contributed by atoms with Crippen LogP contribution in [0.2, 0.25) is 0 Å². The van der Waals surface area contributed by atoms with Gasteiger partial charge in [-0.3, -0.25) is 4.79 Å². The van der Waals surface area contributed by atoms with E-state index in [1.807, 2.05) is 42.3 Å². The fourth-order valence-corrected chi connectivity index (χ4v) is 3.29. The molecule has 1 heterocycles. The van der Waals surface area contributed by atoms with E-state index in [4.69, 9.17) is 0 Å². The molecule has 0 radical (unpaired) electrons. The maximum atomic E-state index is 12.7. The van der Waals surface area contributed by atoms with E-state index in [0.29, 0.717) is 6.04 Å². The minimum Gasteiger partial charge on any atom is -0.339 e. The molecule has 0 saturated carbocycles. The van der Waals surface area contributed by atoms with Crippen LogP contribution in [0.1, 0.15) is 23.2 Å². The molecule has 0 aliphatic carbocycles. The number of carbonyl (C=O) groups excluding carboxylic acids is 1. The number of nitrogens with one attached hydrogen (secondary N) is 1. The maximum absolute atomic E-state index is 12.7. The van der Waals surface area contributed by atoms with Gasteiger partial charge in [0, 0.05) is 23.1 Å². The summed E-state index contributed by atoms with van der Waals surface area (Å²) in [6.45, 7) is 1.99. The molecule has 2 aromatic rings. The summed E-state index contributed by atoms with van der Waals surface area (Å²) in [6.07, 6.45) is 2.06. The number of amides is 1. The summed E-state index contributed by atoms with van der Waals surface area (Å²) in [4.78, 5) is 14.6. The number of nitrogens with zero attached hydrogens (tertiary/aromatic N) is 1. The Labute approximate surface area is 145 Å². The predicted octanol–water partition coefficient (Wildman–Crippen LogP) is 3.85. The molecule has 0 aromatic heterocycles. The van der Waals surface area contributed by atoms with E-state index >= 15 is 0 Å². The Morgan fingerprint density at radius 3 is 2.50 bits per heavy atom. The van der Waals surface area contributed by atoms with Crippen molar-refractivity contribution >= 4 is 45.0 Å². The minimum absolute atomic E-state index is 0. The summed E-state index contributed by atoms with van der Waals surface area (Å²) in [5.74, 6) is 0.117. The summed E-state index contributed by atoms with van der Waals surface area (Å²) in [5, 5.41) is 5.58. The van der Waals surface area contributed by atoms with Gasteiger partial charge >= 0.3 is 0 Å². The van der Waals surface area contributed by atoms with Crippen molar-refractivity contribution in [3.8, 4) is 0 Å². The van der Waals surface area contributed by atoms with Gasteiger partial charge in [-0.05, 0) is 61.0 Å². The van der Waals surface area contributed by atoms with Crippen molar-refractivity contribution in [3.63, 3.8) is 0 Å². The first kappa shape index (κ1) is 17.3. The molecule has 1 amide bonds. The van der Waals surface area contributed by atoms with Crippen LogP contribution < -0.4 is 5.32 Å². The van der Waals surface area contributed by atoms with Gasteiger partial charge in [0.2, 0.25) is 0 Å². The van der Waals surface area contributed by atoms with Gasteiger partial charge in [-0.25, -0.2) is 0 Å². The lowest BCUT2D eigenvalue weighted by atomic mass is 10.0. The normalized spacial score (nSPS) is 15.4. The van der Waals surface area contributed by atoms with E-state index in [-0.39, 0.29) is 18.3 Å². The van der Waals surface area contributed by atoms with Crippen LogP contribution in [0.4, 0.5) is 0 Å². The lowest BCUT2D eigenvalue weighted by molar-refractivity contribution is 0.0703. The SMILES string of the molecule is CN(C(=O)c1ccc2cc(Br)ccc2c1)C1CCNCC1.Cl. The van der Waals surface area contributed by atoms with E-state index < -0.39 is 0 Å². The van der Waals surface area contributed by atoms with Gasteiger partial charge in [0.25, 0.3) is 5.91 Å². The average molecular weight is 384 g/mol. The van der Waals surface area contributed by atoms with Crippen LogP contribution in [-0.2, 0) is 0 Å². The zero-order valence-electron chi connectivity index (χ0n) is 12.5. The molecule has 22 heavy (non-hydrogen) atoms. The van der Waals surface area contributed by atoms with Gasteiger partial charge in [-0.1, -0.05) is 28.1 Å². The fourth-order valence-electron chi connectivity index (χ4n) is 2.91. The number of halogens is 2. The first-order valence-corrected chi connectivity index (χ1v) is 8.11. The van der Waals surface area contributed by atoms with Crippen LogP contribution in [0.15, 0.2) is 40.9 Å². The lowest BCUT2D eigenvalue weighted by Crippen LogP contribution is -2.43. The molecule has 118 valence electrons. The molecule has 5 heteroatoms. The van der Waals surface area contributed by atoms with E-state index in [2.05, 4.69) is 27.3 Å². The van der Waals surface area contributed by atoms with E-state index in [0.717, 1.165) is 46.7 Å². The summed E-state index contributed by atoms with van der Waals surface area (Å²) >= 11 is 3.47. The molecule has 1 fully saturated rings. The monoisotopic (exact) mass is 382 g/mol. The first-order valence-electron chi connectivity index (χ1n) is 7.32. The highest BCUT2D eigenvalue weighted by atomic mass is 79.9. The Bertz CT molecular complexity index is 671. The topological polar surface area (TPSA) is 32.3 Å². The Morgan fingerprint density at radius 2 is 1.77 bits per heavy atom. The fraction of sp³-hybridized carbons (Fsp3) is 0.353. The third kappa shape index (κ3) is 3.62. The molecule has 1 aliphatic heterocycles. The molecule has 0 spiro atoms. The van der Waals surface area contributed by atoms with Gasteiger partial charge < -0.3 is 10.2 Å². The largest absolute Gasteiger partial charge is 0.339 e. The number of rotatable bonds is 2. The average Bonchev–Trinajstić information content (AvgIpc) is 2.53. The smallest absolute Gasteiger partial charge is 0.253 e. The second kappa shape index (κ2) is 7.44. The van der Waals surface area contributed by atoms with Gasteiger partial charge in [0.05, 0.1) is 0 Å². The van der Waals surface area contributed by atoms with Crippen molar-refractivity contribution in [2.24, 2.45) is 0 Å². The molecule has 1 N–H and O–H groups in total. The molecule has 1 aliphatic rings. The summed E-state index contributed by atoms with van der Waals surface area (Å²) in [5.41, 5.74) is 0.769. The lowest BCUT2D eigenvalue weighted by Gasteiger charge is -2.31. The van der Waals surface area contributed by atoms with Gasteiger partial charge in [0.15, 0.2) is 0 Å². The third-order valence-electron chi connectivity index (χ3n) is 4.23. The van der Waals surface area contributed by atoms with E-state index in [1.54, 1.807) is 0 Å². The van der Waals surface area contributed by atoms with Crippen molar-refractivity contribution in [3.05, 3.63) is 46.4 Å². The van der Waals surface area contributed by atoms with Crippen LogP contribution in [0, 0.1) is 0 Å². The Morgan fingerprint density at radius 1 is 1.14 bits per heavy atom. The van der Waals surface area contributed by atoms with Crippen LogP contribution >= 0.6 is 28.3 Å². The zero-order chi connectivity index (χ0) is 14.8. The zero-order valence-corrected chi connectivity index (χ0v) is 14.9. The van der Waals surface area contributed by atoms with E-state index in [9.17, 15) is 4.79 Å². The molecule has 3 nitrogen and oxygen atoms in total. The molecule has 1 saturated heterocycles. The molecule has 0 unspecified atom stereocenters. The first-order chi connectivity index (χ1) is 10.1.